The molecule has 1 aliphatic rings. The van der Waals surface area contributed by atoms with E-state index in [1.165, 1.54) is 19.1 Å². The Morgan fingerprint density at radius 2 is 1.82 bits per heavy atom. The first kappa shape index (κ1) is 26.1. The van der Waals surface area contributed by atoms with Crippen molar-refractivity contribution in [3.63, 3.8) is 0 Å². The monoisotopic (exact) mass is 475 g/mol. The van der Waals surface area contributed by atoms with Crippen LogP contribution in [0.1, 0.15) is 63.0 Å². The molecule has 1 unspecified atom stereocenters. The first-order valence-corrected chi connectivity index (χ1v) is 11.6. The second kappa shape index (κ2) is 10.8. The molecule has 4 atom stereocenters. The summed E-state index contributed by atoms with van der Waals surface area (Å²) in [5.74, 6) is -1.75. The summed E-state index contributed by atoms with van der Waals surface area (Å²) in [6, 6.07) is 8.26. The van der Waals surface area contributed by atoms with Gasteiger partial charge in [-0.3, -0.25) is 4.79 Å². The van der Waals surface area contributed by atoms with Crippen LogP contribution in [0.3, 0.4) is 0 Å². The molecule has 0 aromatic heterocycles. The number of carbonyl (C=O) groups excluding carboxylic acids is 1. The Balaban J connectivity index is 1.73. The third kappa shape index (κ3) is 6.74. The maximum atomic E-state index is 13.6. The number of aliphatic hydroxyl groups excluding tert-OH is 2. The number of hydrogen-bond acceptors (Lipinski definition) is 5. The minimum atomic E-state index is -0.989. The fourth-order valence-electron chi connectivity index (χ4n) is 4.35. The fraction of sp³-hybridized carbons (Fsp3) is 0.500. The van der Waals surface area contributed by atoms with Gasteiger partial charge in [0.05, 0.1) is 18.2 Å². The first-order valence-electron chi connectivity index (χ1n) is 11.6. The Morgan fingerprint density at radius 3 is 2.44 bits per heavy atom. The molecule has 5 N–H and O–H groups in total. The standard InChI is InChI=1S/C26H35F2N3O3/c1-15(32)31-23(11-16-9-18(27)13-19(28)10-16)24(33)14-30-22-7-8-29-21-6-5-17(12-20(21)22)25(34)26(2,3)4/h5-6,9-10,12-13,22-25,29-30,33-34H,7-8,11,14H2,1-4H3,(H,31,32)/t22-,23-,24+,25?/m0/s1. The minimum absolute atomic E-state index is 0.0670. The van der Waals surface area contributed by atoms with Crippen molar-refractivity contribution < 1.29 is 23.8 Å². The number of fused-ring (bicyclic) bond motifs is 1. The van der Waals surface area contributed by atoms with Gasteiger partial charge in [0, 0.05) is 37.8 Å². The first-order chi connectivity index (χ1) is 15.9. The van der Waals surface area contributed by atoms with Crippen LogP contribution in [0, 0.1) is 17.0 Å². The molecule has 1 heterocycles. The molecule has 186 valence electrons. The van der Waals surface area contributed by atoms with Crippen molar-refractivity contribution >= 4 is 11.6 Å². The van der Waals surface area contributed by atoms with Gasteiger partial charge in [0.2, 0.25) is 5.91 Å². The molecule has 0 saturated carbocycles. The Kier molecular flexibility index (Phi) is 8.28. The minimum Gasteiger partial charge on any atom is -0.390 e. The summed E-state index contributed by atoms with van der Waals surface area (Å²) >= 11 is 0. The molecule has 2 aromatic carbocycles. The average molecular weight is 476 g/mol. The molecule has 3 rings (SSSR count). The van der Waals surface area contributed by atoms with E-state index in [1.807, 2.05) is 39.0 Å². The Hall–Kier alpha value is -2.55. The van der Waals surface area contributed by atoms with E-state index in [9.17, 15) is 23.8 Å². The normalized spacial score (nSPS) is 18.4. The van der Waals surface area contributed by atoms with Crippen LogP contribution in [0.25, 0.3) is 0 Å². The van der Waals surface area contributed by atoms with Gasteiger partial charge in [-0.1, -0.05) is 26.8 Å². The third-order valence-electron chi connectivity index (χ3n) is 6.14. The van der Waals surface area contributed by atoms with Crippen LogP contribution >= 0.6 is 0 Å². The number of carbonyl (C=O) groups is 1. The fourth-order valence-corrected chi connectivity index (χ4v) is 4.35. The highest BCUT2D eigenvalue weighted by molar-refractivity contribution is 5.73. The van der Waals surface area contributed by atoms with Crippen molar-refractivity contribution in [3.8, 4) is 0 Å². The van der Waals surface area contributed by atoms with Crippen molar-refractivity contribution in [2.24, 2.45) is 5.41 Å². The smallest absolute Gasteiger partial charge is 0.217 e. The van der Waals surface area contributed by atoms with Crippen LogP contribution in [0.5, 0.6) is 0 Å². The van der Waals surface area contributed by atoms with E-state index in [0.717, 1.165) is 35.8 Å². The topological polar surface area (TPSA) is 93.6 Å². The molecule has 0 aliphatic carbocycles. The van der Waals surface area contributed by atoms with Crippen LogP contribution in [0.15, 0.2) is 36.4 Å². The van der Waals surface area contributed by atoms with Crippen molar-refractivity contribution in [2.75, 3.05) is 18.4 Å². The zero-order valence-electron chi connectivity index (χ0n) is 20.2. The number of aliphatic hydroxyl groups is 2. The largest absolute Gasteiger partial charge is 0.390 e. The van der Waals surface area contributed by atoms with Gasteiger partial charge in [-0.15, -0.1) is 0 Å². The molecule has 1 amide bonds. The molecule has 34 heavy (non-hydrogen) atoms. The highest BCUT2D eigenvalue weighted by Gasteiger charge is 2.28. The van der Waals surface area contributed by atoms with Gasteiger partial charge in [-0.05, 0) is 59.2 Å². The maximum Gasteiger partial charge on any atom is 0.217 e. The Bertz CT molecular complexity index is 989. The van der Waals surface area contributed by atoms with Crippen molar-refractivity contribution in [2.45, 2.75) is 64.8 Å². The van der Waals surface area contributed by atoms with Crippen molar-refractivity contribution in [3.05, 3.63) is 64.7 Å². The van der Waals surface area contributed by atoms with Gasteiger partial charge in [-0.25, -0.2) is 8.78 Å². The summed E-state index contributed by atoms with van der Waals surface area (Å²) in [6.45, 7) is 8.19. The summed E-state index contributed by atoms with van der Waals surface area (Å²) in [5.41, 5.74) is 2.84. The molecule has 6 nitrogen and oxygen atoms in total. The van der Waals surface area contributed by atoms with E-state index < -0.39 is 29.9 Å². The number of anilines is 1. The van der Waals surface area contributed by atoms with Gasteiger partial charge < -0.3 is 26.2 Å². The highest BCUT2D eigenvalue weighted by Crippen LogP contribution is 2.37. The Labute approximate surface area is 199 Å². The Morgan fingerprint density at radius 1 is 1.15 bits per heavy atom. The predicted molar refractivity (Wildman–Crippen MR) is 128 cm³/mol. The second-order valence-corrected chi connectivity index (χ2v) is 10.1. The molecular weight excluding hydrogens is 440 g/mol. The van der Waals surface area contributed by atoms with E-state index in [2.05, 4.69) is 16.0 Å². The lowest BCUT2D eigenvalue weighted by Gasteiger charge is -2.32. The lowest BCUT2D eigenvalue weighted by molar-refractivity contribution is -0.120. The second-order valence-electron chi connectivity index (χ2n) is 10.1. The molecule has 8 heteroatoms. The number of halogens is 2. The molecule has 0 radical (unpaired) electrons. The molecule has 0 spiro atoms. The van der Waals surface area contributed by atoms with Gasteiger partial charge >= 0.3 is 0 Å². The highest BCUT2D eigenvalue weighted by atomic mass is 19.1. The van der Waals surface area contributed by atoms with Gasteiger partial charge in [0.1, 0.15) is 11.6 Å². The van der Waals surface area contributed by atoms with Crippen molar-refractivity contribution in [1.29, 1.82) is 0 Å². The van der Waals surface area contributed by atoms with E-state index in [4.69, 9.17) is 0 Å². The van der Waals surface area contributed by atoms with Gasteiger partial charge in [0.25, 0.3) is 0 Å². The van der Waals surface area contributed by atoms with Gasteiger partial charge in [-0.2, -0.15) is 0 Å². The number of hydrogen-bond donors (Lipinski definition) is 5. The maximum absolute atomic E-state index is 13.6. The van der Waals surface area contributed by atoms with E-state index in [1.54, 1.807) is 0 Å². The quantitative estimate of drug-likeness (QED) is 0.402. The molecule has 0 fully saturated rings. The number of nitrogens with one attached hydrogen (secondary N) is 3. The summed E-state index contributed by atoms with van der Waals surface area (Å²) in [7, 11) is 0. The van der Waals surface area contributed by atoms with E-state index in [-0.39, 0.29) is 30.3 Å². The van der Waals surface area contributed by atoms with Crippen LogP contribution in [0.2, 0.25) is 0 Å². The number of benzene rings is 2. The predicted octanol–water partition coefficient (Wildman–Crippen LogP) is 3.60. The molecule has 2 aromatic rings. The summed E-state index contributed by atoms with van der Waals surface area (Å²) in [5, 5.41) is 31.0. The third-order valence-corrected chi connectivity index (χ3v) is 6.14. The zero-order chi connectivity index (χ0) is 25.0. The van der Waals surface area contributed by atoms with Crippen molar-refractivity contribution in [1.82, 2.24) is 10.6 Å². The zero-order valence-corrected chi connectivity index (χ0v) is 20.2. The number of rotatable bonds is 8. The lowest BCUT2D eigenvalue weighted by atomic mass is 9.83. The SMILES string of the molecule is CC(=O)N[C@@H](Cc1cc(F)cc(F)c1)[C@H](O)CN[C@H]1CCNc2ccc(C(O)C(C)(C)C)cc21. The molecule has 0 saturated heterocycles. The van der Waals surface area contributed by atoms with Crippen LogP contribution < -0.4 is 16.0 Å². The van der Waals surface area contributed by atoms with E-state index >= 15 is 0 Å². The number of amides is 1. The van der Waals surface area contributed by atoms with Crippen LogP contribution in [-0.4, -0.2) is 41.4 Å². The summed E-state index contributed by atoms with van der Waals surface area (Å²) in [4.78, 5) is 11.7. The van der Waals surface area contributed by atoms with Crippen LogP contribution in [-0.2, 0) is 11.2 Å². The van der Waals surface area contributed by atoms with Crippen LogP contribution in [0.4, 0.5) is 14.5 Å². The van der Waals surface area contributed by atoms with Gasteiger partial charge in [0.15, 0.2) is 0 Å². The molecule has 1 aliphatic heterocycles. The summed E-state index contributed by atoms with van der Waals surface area (Å²) < 4.78 is 27.2. The lowest BCUT2D eigenvalue weighted by Crippen LogP contribution is -2.48. The summed E-state index contributed by atoms with van der Waals surface area (Å²) in [6.07, 6.45) is -0.755. The molecule has 0 bridgehead atoms. The molecular formula is C26H35F2N3O3. The average Bonchev–Trinajstić information content (AvgIpc) is 2.74. The van der Waals surface area contributed by atoms with E-state index in [0.29, 0.717) is 5.56 Å².